The number of ether oxygens (including phenoxy) is 2. The van der Waals surface area contributed by atoms with Gasteiger partial charge in [-0.05, 0) is 69.2 Å². The first-order valence-corrected chi connectivity index (χ1v) is 11.0. The van der Waals surface area contributed by atoms with Crippen LogP contribution in [0, 0.1) is 50.4 Å². The van der Waals surface area contributed by atoms with E-state index in [-0.39, 0.29) is 30.3 Å². The van der Waals surface area contributed by atoms with Gasteiger partial charge in [-0.15, -0.1) is 0 Å². The van der Waals surface area contributed by atoms with Gasteiger partial charge in [-0.1, -0.05) is 0 Å². The van der Waals surface area contributed by atoms with Crippen molar-refractivity contribution in [1.82, 2.24) is 9.13 Å². The second-order valence-electron chi connectivity index (χ2n) is 10.0. The number of rotatable bonds is 4. The van der Waals surface area contributed by atoms with Gasteiger partial charge in [0.2, 0.25) is 0 Å². The van der Waals surface area contributed by atoms with Gasteiger partial charge in [-0.3, -0.25) is 0 Å². The van der Waals surface area contributed by atoms with Gasteiger partial charge < -0.3 is 18.8 Å². The van der Waals surface area contributed by atoms with Crippen molar-refractivity contribution in [3.8, 4) is 23.6 Å². The second-order valence-corrected chi connectivity index (χ2v) is 10.0. The van der Waals surface area contributed by atoms with Crippen LogP contribution in [-0.4, -0.2) is 40.2 Å². The molecule has 0 bridgehead atoms. The molecular weight excluding hydrogens is 451 g/mol. The van der Waals surface area contributed by atoms with Crippen molar-refractivity contribution in [2.45, 2.75) is 80.4 Å². The minimum Gasteiger partial charge on any atom is -0.526 e. The molecule has 35 heavy (non-hydrogen) atoms. The summed E-state index contributed by atoms with van der Waals surface area (Å²) in [6, 6.07) is 4.10. The van der Waals surface area contributed by atoms with Crippen LogP contribution in [0.1, 0.15) is 75.4 Å². The quantitative estimate of drug-likeness (QED) is 0.580. The van der Waals surface area contributed by atoms with Gasteiger partial charge in [0.1, 0.15) is 46.0 Å². The molecule has 2 aromatic rings. The van der Waals surface area contributed by atoms with Gasteiger partial charge in [0, 0.05) is 11.4 Å². The lowest BCUT2D eigenvalue weighted by molar-refractivity contribution is 0.0519. The minimum atomic E-state index is -0.721. The Morgan fingerprint density at radius 2 is 1.00 bits per heavy atom. The van der Waals surface area contributed by atoms with E-state index in [0.29, 0.717) is 22.8 Å². The average Bonchev–Trinajstić information content (AvgIpc) is 3.07. The fraction of sp³-hybridized carbons (Fsp3) is 0.500. The van der Waals surface area contributed by atoms with Crippen LogP contribution in [-0.2, 0) is 9.47 Å². The smallest absolute Gasteiger partial charge is 0.526 e. The predicted octanol–water partition coefficient (Wildman–Crippen LogP) is 4.56. The maximum atomic E-state index is 12.7. The van der Waals surface area contributed by atoms with Gasteiger partial charge in [0.15, 0.2) is 0 Å². The van der Waals surface area contributed by atoms with E-state index >= 15 is 0 Å². The lowest BCUT2D eigenvalue weighted by atomic mass is 10.2. The monoisotopic (exact) mass is 482 g/mol. The lowest BCUT2D eigenvalue weighted by Crippen LogP contribution is -2.28. The zero-order valence-electron chi connectivity index (χ0n) is 21.9. The number of aromatic nitrogens is 2. The van der Waals surface area contributed by atoms with E-state index in [1.807, 2.05) is 12.1 Å². The molecule has 0 aliphatic carbocycles. The van der Waals surface area contributed by atoms with E-state index in [0.717, 1.165) is 0 Å². The average molecular weight is 482 g/mol. The third-order valence-electron chi connectivity index (χ3n) is 4.96. The molecule has 2 aromatic heterocycles. The topological polar surface area (TPSA) is 128 Å². The van der Waals surface area contributed by atoms with Gasteiger partial charge in [-0.25, -0.2) is 18.7 Å². The first-order valence-electron chi connectivity index (χ1n) is 11.0. The number of nitriles is 2. The number of carbonyl (C=O) groups is 2. The van der Waals surface area contributed by atoms with Crippen LogP contribution < -0.4 is 9.31 Å². The van der Waals surface area contributed by atoms with Crippen molar-refractivity contribution in [2.75, 3.05) is 0 Å². The van der Waals surface area contributed by atoms with Crippen molar-refractivity contribution in [1.29, 1.82) is 10.5 Å². The lowest BCUT2D eigenvalue weighted by Gasteiger charge is -2.20. The van der Waals surface area contributed by atoms with Crippen LogP contribution in [0.3, 0.4) is 0 Å². The van der Waals surface area contributed by atoms with Gasteiger partial charge >= 0.3 is 19.9 Å². The highest BCUT2D eigenvalue weighted by molar-refractivity contribution is 6.21. The molecule has 0 fully saturated rings. The number of hydrogen-bond donors (Lipinski definition) is 0. The van der Waals surface area contributed by atoms with Crippen molar-refractivity contribution >= 4 is 19.9 Å². The standard InChI is InChI=1S/C24H31BN4O6/c1-13-17(11-26)19(15(3)28(13)21(30)32-23(5,6)7)34-25-35-20-16(4)29(14(2)18(20)12-27)22(31)33-24(8,9)10/h25H,1-10H3. The van der Waals surface area contributed by atoms with E-state index in [2.05, 4.69) is 0 Å². The Labute approximate surface area is 206 Å². The molecule has 186 valence electrons. The summed E-state index contributed by atoms with van der Waals surface area (Å²) in [5, 5.41) is 19.3. The Balaban J connectivity index is 2.35. The normalized spacial score (nSPS) is 11.3. The summed E-state index contributed by atoms with van der Waals surface area (Å²) >= 11 is 0. The maximum Gasteiger partial charge on any atom is 0.576 e. The van der Waals surface area contributed by atoms with E-state index in [1.165, 1.54) is 9.13 Å². The van der Waals surface area contributed by atoms with Crippen LogP contribution in [0.2, 0.25) is 0 Å². The maximum absolute atomic E-state index is 12.7. The van der Waals surface area contributed by atoms with Crippen molar-refractivity contribution in [2.24, 2.45) is 0 Å². The fourth-order valence-corrected chi connectivity index (χ4v) is 3.55. The van der Waals surface area contributed by atoms with E-state index in [4.69, 9.17) is 18.8 Å². The second kappa shape index (κ2) is 9.79. The predicted molar refractivity (Wildman–Crippen MR) is 129 cm³/mol. The fourth-order valence-electron chi connectivity index (χ4n) is 3.55. The molecule has 2 heterocycles. The largest absolute Gasteiger partial charge is 0.576 e. The molecule has 0 aromatic carbocycles. The molecule has 0 spiro atoms. The highest BCUT2D eigenvalue weighted by atomic mass is 16.6. The summed E-state index contributed by atoms with van der Waals surface area (Å²) < 4.78 is 24.9. The third kappa shape index (κ3) is 5.80. The number of carbonyl (C=O) groups excluding carboxylic acids is 2. The molecule has 0 aliphatic heterocycles. The Hall–Kier alpha value is -3.86. The molecule has 0 atom stereocenters. The Kier molecular flexibility index (Phi) is 7.66. The molecule has 0 saturated heterocycles. The summed E-state index contributed by atoms with van der Waals surface area (Å²) in [4.78, 5) is 25.3. The first-order chi connectivity index (χ1) is 16.0. The summed E-state index contributed by atoms with van der Waals surface area (Å²) in [6.07, 6.45) is -1.26. The summed E-state index contributed by atoms with van der Waals surface area (Å²) in [6.45, 7) is 17.0. The van der Waals surface area contributed by atoms with Crippen LogP contribution in [0.4, 0.5) is 9.59 Å². The number of nitrogens with zero attached hydrogens (tertiary/aromatic N) is 4. The van der Waals surface area contributed by atoms with Gasteiger partial charge in [0.25, 0.3) is 0 Å². The molecule has 0 amide bonds. The Morgan fingerprint density at radius 3 is 1.26 bits per heavy atom. The summed E-state index contributed by atoms with van der Waals surface area (Å²) in [7, 11) is -0.374. The molecule has 10 nitrogen and oxygen atoms in total. The third-order valence-corrected chi connectivity index (χ3v) is 4.96. The van der Waals surface area contributed by atoms with Crippen LogP contribution in [0.15, 0.2) is 0 Å². The zero-order valence-corrected chi connectivity index (χ0v) is 21.9. The minimum absolute atomic E-state index is 0.162. The van der Waals surface area contributed by atoms with Crippen LogP contribution in [0.5, 0.6) is 11.5 Å². The number of hydrogen-bond acceptors (Lipinski definition) is 8. The SMILES string of the molecule is Cc1c(C#N)c(OBOc2c(C#N)c(C)n(C(=O)OC(C)(C)C)c2C)c(C)n1C(=O)OC(C)(C)C. The Morgan fingerprint density at radius 1 is 0.686 bits per heavy atom. The molecule has 11 heteroatoms. The molecule has 0 aliphatic rings. The van der Waals surface area contributed by atoms with Gasteiger partial charge in [-0.2, -0.15) is 10.5 Å². The van der Waals surface area contributed by atoms with Crippen molar-refractivity contribution < 1.29 is 28.4 Å². The Bertz CT molecular complexity index is 1150. The summed E-state index contributed by atoms with van der Waals surface area (Å²) in [5.41, 5.74) is 0.370. The molecule has 0 unspecified atom stereocenters. The van der Waals surface area contributed by atoms with Gasteiger partial charge in [0.05, 0.1) is 11.4 Å². The zero-order chi connectivity index (χ0) is 26.9. The molecule has 0 N–H and O–H groups in total. The van der Waals surface area contributed by atoms with E-state index in [9.17, 15) is 20.1 Å². The molecule has 2 rings (SSSR count). The van der Waals surface area contributed by atoms with E-state index in [1.54, 1.807) is 69.2 Å². The molecular formula is C24H31BN4O6. The first kappa shape index (κ1) is 27.4. The van der Waals surface area contributed by atoms with E-state index < -0.39 is 23.4 Å². The van der Waals surface area contributed by atoms with Crippen LogP contribution >= 0.6 is 0 Å². The van der Waals surface area contributed by atoms with Crippen molar-refractivity contribution in [3.63, 3.8) is 0 Å². The molecule has 0 radical (unpaired) electrons. The van der Waals surface area contributed by atoms with Crippen LogP contribution in [0.25, 0.3) is 0 Å². The molecule has 0 saturated carbocycles. The van der Waals surface area contributed by atoms with Crippen molar-refractivity contribution in [3.05, 3.63) is 33.9 Å². The summed E-state index contributed by atoms with van der Waals surface area (Å²) in [5.74, 6) is 0.325. The highest BCUT2D eigenvalue weighted by Crippen LogP contribution is 2.32. The highest BCUT2D eigenvalue weighted by Gasteiger charge is 2.29.